The van der Waals surface area contributed by atoms with E-state index in [0.717, 1.165) is 6.42 Å². The molecule has 0 saturated heterocycles. The highest BCUT2D eigenvalue weighted by Crippen LogP contribution is 2.32. The van der Waals surface area contributed by atoms with Crippen molar-refractivity contribution in [2.24, 2.45) is 16.6 Å². The molecule has 2 N–H and O–H groups in total. The monoisotopic (exact) mass is 213 g/mol. The maximum atomic E-state index is 12.1. The Hall–Kier alpha value is -0.370. The van der Waals surface area contributed by atoms with E-state index in [2.05, 4.69) is 20.8 Å². The van der Waals surface area contributed by atoms with Crippen molar-refractivity contribution >= 4 is 5.78 Å². The molecule has 0 aliphatic rings. The summed E-state index contributed by atoms with van der Waals surface area (Å²) in [6.07, 6.45) is 1.54. The Bertz CT molecular complexity index is 228. The summed E-state index contributed by atoms with van der Waals surface area (Å²) in [5, 5.41) is 0. The van der Waals surface area contributed by atoms with Gasteiger partial charge in [-0.25, -0.2) is 0 Å². The van der Waals surface area contributed by atoms with Crippen LogP contribution in [0.5, 0.6) is 0 Å². The van der Waals surface area contributed by atoms with Crippen LogP contribution in [0.1, 0.15) is 61.3 Å². The zero-order chi connectivity index (χ0) is 12.5. The maximum Gasteiger partial charge on any atom is 0.140 e. The Kier molecular flexibility index (Phi) is 4.14. The average Bonchev–Trinajstić information content (AvgIpc) is 1.96. The van der Waals surface area contributed by atoms with E-state index in [4.69, 9.17) is 5.73 Å². The maximum absolute atomic E-state index is 12.1. The normalized spacial score (nSPS) is 14.1. The Balaban J connectivity index is 4.47. The van der Waals surface area contributed by atoms with Gasteiger partial charge in [0.2, 0.25) is 0 Å². The second-order valence-corrected chi connectivity index (χ2v) is 6.83. The minimum atomic E-state index is -0.456. The molecule has 90 valence electrons. The van der Waals surface area contributed by atoms with Crippen LogP contribution < -0.4 is 5.73 Å². The molecule has 0 aliphatic carbocycles. The molecule has 0 saturated carbocycles. The van der Waals surface area contributed by atoms with E-state index in [-0.39, 0.29) is 11.2 Å². The number of Topliss-reactive ketones (excluding diaryl/α,β-unsaturated/α-hetero) is 1. The van der Waals surface area contributed by atoms with Crippen LogP contribution in [0.3, 0.4) is 0 Å². The standard InChI is InChI=1S/C13H27NO/c1-11(2,3)9-8-10(15)12(4,5)13(6,7)14/h8-9,14H2,1-7H3. The van der Waals surface area contributed by atoms with Gasteiger partial charge in [0.15, 0.2) is 0 Å². The predicted octanol–water partition coefficient (Wildman–Crippen LogP) is 3.15. The number of carbonyl (C=O) groups is 1. The van der Waals surface area contributed by atoms with Crippen LogP contribution in [0.15, 0.2) is 0 Å². The fourth-order valence-electron chi connectivity index (χ4n) is 1.16. The molecule has 0 heterocycles. The third-order valence-corrected chi connectivity index (χ3v) is 3.41. The van der Waals surface area contributed by atoms with Crippen LogP contribution in [-0.2, 0) is 4.79 Å². The molecule has 0 aromatic carbocycles. The summed E-state index contributed by atoms with van der Waals surface area (Å²) in [5.74, 6) is 0.268. The van der Waals surface area contributed by atoms with Crippen molar-refractivity contribution in [3.05, 3.63) is 0 Å². The van der Waals surface area contributed by atoms with E-state index in [1.165, 1.54) is 0 Å². The summed E-state index contributed by atoms with van der Waals surface area (Å²) in [6.45, 7) is 14.2. The molecule has 0 unspecified atom stereocenters. The van der Waals surface area contributed by atoms with Crippen LogP contribution in [0.4, 0.5) is 0 Å². The highest BCUT2D eigenvalue weighted by Gasteiger charge is 2.39. The molecule has 0 fully saturated rings. The van der Waals surface area contributed by atoms with Gasteiger partial charge in [0, 0.05) is 17.4 Å². The van der Waals surface area contributed by atoms with E-state index < -0.39 is 11.0 Å². The van der Waals surface area contributed by atoms with E-state index in [1.54, 1.807) is 0 Å². The number of nitrogens with two attached hydrogens (primary N) is 1. The molecule has 0 atom stereocenters. The van der Waals surface area contributed by atoms with Crippen molar-refractivity contribution < 1.29 is 4.79 Å². The zero-order valence-corrected chi connectivity index (χ0v) is 11.4. The third kappa shape index (κ3) is 4.33. The van der Waals surface area contributed by atoms with Gasteiger partial charge in [-0.3, -0.25) is 4.79 Å². The first kappa shape index (κ1) is 14.6. The van der Waals surface area contributed by atoms with Crippen LogP contribution >= 0.6 is 0 Å². The lowest BCUT2D eigenvalue weighted by atomic mass is 9.70. The first-order valence-electron chi connectivity index (χ1n) is 5.70. The molecule has 0 bridgehead atoms. The lowest BCUT2D eigenvalue weighted by Crippen LogP contribution is -2.51. The van der Waals surface area contributed by atoms with Crippen molar-refractivity contribution in [1.29, 1.82) is 0 Å². The lowest BCUT2D eigenvalue weighted by molar-refractivity contribution is -0.130. The van der Waals surface area contributed by atoms with Gasteiger partial charge in [0.05, 0.1) is 0 Å². The van der Waals surface area contributed by atoms with E-state index >= 15 is 0 Å². The number of hydrogen-bond donors (Lipinski definition) is 1. The van der Waals surface area contributed by atoms with E-state index in [0.29, 0.717) is 6.42 Å². The van der Waals surface area contributed by atoms with Crippen molar-refractivity contribution in [3.63, 3.8) is 0 Å². The topological polar surface area (TPSA) is 43.1 Å². The second-order valence-electron chi connectivity index (χ2n) is 6.83. The molecule has 15 heavy (non-hydrogen) atoms. The average molecular weight is 213 g/mol. The molecular weight excluding hydrogens is 186 g/mol. The summed E-state index contributed by atoms with van der Waals surface area (Å²) < 4.78 is 0. The van der Waals surface area contributed by atoms with Crippen LogP contribution in [0.25, 0.3) is 0 Å². The van der Waals surface area contributed by atoms with Gasteiger partial charge in [-0.1, -0.05) is 34.6 Å². The van der Waals surface area contributed by atoms with Gasteiger partial charge >= 0.3 is 0 Å². The summed E-state index contributed by atoms with van der Waals surface area (Å²) in [6, 6.07) is 0. The summed E-state index contributed by atoms with van der Waals surface area (Å²) in [7, 11) is 0. The minimum absolute atomic E-state index is 0.213. The minimum Gasteiger partial charge on any atom is -0.325 e. The number of rotatable bonds is 4. The highest BCUT2D eigenvalue weighted by atomic mass is 16.1. The molecule has 0 aromatic rings. The highest BCUT2D eigenvalue weighted by molar-refractivity contribution is 5.85. The predicted molar refractivity (Wildman–Crippen MR) is 65.7 cm³/mol. The zero-order valence-electron chi connectivity index (χ0n) is 11.4. The van der Waals surface area contributed by atoms with Crippen LogP contribution in [0.2, 0.25) is 0 Å². The molecule has 0 spiro atoms. The van der Waals surface area contributed by atoms with Gasteiger partial charge in [0.1, 0.15) is 5.78 Å². The van der Waals surface area contributed by atoms with Crippen molar-refractivity contribution in [2.75, 3.05) is 0 Å². The van der Waals surface area contributed by atoms with Crippen LogP contribution in [-0.4, -0.2) is 11.3 Å². The first-order valence-corrected chi connectivity index (χ1v) is 5.70. The van der Waals surface area contributed by atoms with Gasteiger partial charge in [-0.05, 0) is 25.7 Å². The van der Waals surface area contributed by atoms with Gasteiger partial charge < -0.3 is 5.73 Å². The van der Waals surface area contributed by atoms with E-state index in [1.807, 2.05) is 27.7 Å². The third-order valence-electron chi connectivity index (χ3n) is 3.41. The summed E-state index contributed by atoms with van der Waals surface area (Å²) >= 11 is 0. The van der Waals surface area contributed by atoms with E-state index in [9.17, 15) is 4.79 Å². The Morgan fingerprint density at radius 1 is 1.00 bits per heavy atom. The molecule has 2 heteroatoms. The largest absolute Gasteiger partial charge is 0.325 e. The van der Waals surface area contributed by atoms with Crippen LogP contribution in [0, 0.1) is 10.8 Å². The van der Waals surface area contributed by atoms with Crippen molar-refractivity contribution in [3.8, 4) is 0 Å². The Morgan fingerprint density at radius 3 is 1.67 bits per heavy atom. The smallest absolute Gasteiger partial charge is 0.140 e. The summed E-state index contributed by atoms with van der Waals surface area (Å²) in [5.41, 5.74) is 5.34. The van der Waals surface area contributed by atoms with Gasteiger partial charge in [-0.15, -0.1) is 0 Å². The molecule has 0 amide bonds. The summed E-state index contributed by atoms with van der Waals surface area (Å²) in [4.78, 5) is 12.1. The number of hydrogen-bond acceptors (Lipinski definition) is 2. The first-order chi connectivity index (χ1) is 6.38. The molecular formula is C13H27NO. The van der Waals surface area contributed by atoms with Gasteiger partial charge in [0.25, 0.3) is 0 Å². The second kappa shape index (κ2) is 4.25. The molecule has 0 aromatic heterocycles. The van der Waals surface area contributed by atoms with Crippen molar-refractivity contribution in [2.45, 2.75) is 66.8 Å². The number of ketones is 1. The lowest BCUT2D eigenvalue weighted by Gasteiger charge is -2.37. The SMILES string of the molecule is CC(C)(C)CCC(=O)C(C)(C)C(C)(C)N. The fraction of sp³-hybridized carbons (Fsp3) is 0.923. The van der Waals surface area contributed by atoms with Crippen molar-refractivity contribution in [1.82, 2.24) is 0 Å². The molecule has 0 radical (unpaired) electrons. The Labute approximate surface area is 94.6 Å². The molecule has 0 rings (SSSR count). The molecule has 2 nitrogen and oxygen atoms in total. The number of carbonyl (C=O) groups excluding carboxylic acids is 1. The van der Waals surface area contributed by atoms with Gasteiger partial charge in [-0.2, -0.15) is 0 Å². The fourth-order valence-corrected chi connectivity index (χ4v) is 1.16. The Morgan fingerprint density at radius 2 is 1.40 bits per heavy atom. The molecule has 0 aliphatic heterocycles. The quantitative estimate of drug-likeness (QED) is 0.779.